The van der Waals surface area contributed by atoms with Crippen molar-refractivity contribution in [2.24, 2.45) is 0 Å². The SMILES string of the molecule is COC(=O)c1ccc(CSc2cccc(C)c2N)o1. The number of anilines is 1. The number of hydrogen-bond donors (Lipinski definition) is 1. The van der Waals surface area contributed by atoms with Crippen LogP contribution < -0.4 is 5.73 Å². The van der Waals surface area contributed by atoms with Gasteiger partial charge in [0.25, 0.3) is 0 Å². The summed E-state index contributed by atoms with van der Waals surface area (Å²) in [6.45, 7) is 1.97. The smallest absolute Gasteiger partial charge is 0.373 e. The van der Waals surface area contributed by atoms with Crippen LogP contribution in [0, 0.1) is 6.92 Å². The first-order valence-electron chi connectivity index (χ1n) is 5.76. The number of ether oxygens (including phenoxy) is 1. The molecule has 0 atom stereocenters. The maximum absolute atomic E-state index is 11.3. The lowest BCUT2D eigenvalue weighted by Gasteiger charge is -2.06. The van der Waals surface area contributed by atoms with E-state index in [0.29, 0.717) is 11.5 Å². The first-order chi connectivity index (χ1) is 9.11. The number of furan rings is 1. The minimum Gasteiger partial charge on any atom is -0.463 e. The fourth-order valence-corrected chi connectivity index (χ4v) is 2.54. The Morgan fingerprint density at radius 2 is 2.16 bits per heavy atom. The number of nitrogens with two attached hydrogens (primary N) is 1. The number of hydrogen-bond acceptors (Lipinski definition) is 5. The monoisotopic (exact) mass is 277 g/mol. The molecule has 100 valence electrons. The number of carbonyl (C=O) groups is 1. The Labute approximate surface area is 115 Å². The van der Waals surface area contributed by atoms with E-state index in [2.05, 4.69) is 4.74 Å². The number of carbonyl (C=O) groups excluding carboxylic acids is 1. The van der Waals surface area contributed by atoms with Crippen LogP contribution in [0.5, 0.6) is 0 Å². The van der Waals surface area contributed by atoms with Gasteiger partial charge in [0, 0.05) is 10.6 Å². The van der Waals surface area contributed by atoms with E-state index in [9.17, 15) is 4.79 Å². The number of methoxy groups -OCH3 is 1. The summed E-state index contributed by atoms with van der Waals surface area (Å²) in [4.78, 5) is 12.3. The van der Waals surface area contributed by atoms with E-state index in [1.54, 1.807) is 23.9 Å². The molecule has 19 heavy (non-hydrogen) atoms. The van der Waals surface area contributed by atoms with Gasteiger partial charge in [-0.2, -0.15) is 0 Å². The number of thioether (sulfide) groups is 1. The van der Waals surface area contributed by atoms with Crippen LogP contribution in [0.4, 0.5) is 5.69 Å². The Balaban J connectivity index is 2.04. The van der Waals surface area contributed by atoms with E-state index in [4.69, 9.17) is 10.2 Å². The van der Waals surface area contributed by atoms with Crippen molar-refractivity contribution in [2.75, 3.05) is 12.8 Å². The molecule has 0 aliphatic carbocycles. The highest BCUT2D eigenvalue weighted by Gasteiger charge is 2.11. The molecule has 1 aromatic heterocycles. The summed E-state index contributed by atoms with van der Waals surface area (Å²) in [5, 5.41) is 0. The van der Waals surface area contributed by atoms with Gasteiger partial charge in [0.15, 0.2) is 0 Å². The van der Waals surface area contributed by atoms with Gasteiger partial charge >= 0.3 is 5.97 Å². The number of esters is 1. The molecular formula is C14H15NO3S. The highest BCUT2D eigenvalue weighted by Crippen LogP contribution is 2.30. The molecule has 0 aliphatic rings. The first kappa shape index (κ1) is 13.5. The van der Waals surface area contributed by atoms with E-state index in [1.807, 2.05) is 25.1 Å². The van der Waals surface area contributed by atoms with E-state index in [0.717, 1.165) is 16.1 Å². The minimum atomic E-state index is -0.466. The number of nitrogen functional groups attached to an aromatic ring is 1. The average molecular weight is 277 g/mol. The van der Waals surface area contributed by atoms with Crippen molar-refractivity contribution in [3.05, 3.63) is 47.4 Å². The molecule has 1 heterocycles. The predicted octanol–water partition coefficient (Wildman–Crippen LogP) is 3.25. The fourth-order valence-electron chi connectivity index (χ4n) is 1.59. The van der Waals surface area contributed by atoms with Crippen molar-refractivity contribution in [3.8, 4) is 0 Å². The third-order valence-electron chi connectivity index (χ3n) is 2.70. The van der Waals surface area contributed by atoms with Crippen LogP contribution in [0.3, 0.4) is 0 Å². The lowest BCUT2D eigenvalue weighted by Crippen LogP contribution is -1.98. The summed E-state index contributed by atoms with van der Waals surface area (Å²) >= 11 is 1.58. The Bertz CT molecular complexity index is 592. The summed E-state index contributed by atoms with van der Waals surface area (Å²) in [6, 6.07) is 9.29. The molecule has 2 N–H and O–H groups in total. The molecule has 1 aromatic carbocycles. The molecule has 0 aliphatic heterocycles. The highest BCUT2D eigenvalue weighted by molar-refractivity contribution is 7.98. The summed E-state index contributed by atoms with van der Waals surface area (Å²) in [7, 11) is 1.33. The van der Waals surface area contributed by atoms with Crippen LogP contribution in [0.15, 0.2) is 39.6 Å². The molecule has 4 nitrogen and oxygen atoms in total. The fraction of sp³-hybridized carbons (Fsp3) is 0.214. The number of benzene rings is 1. The normalized spacial score (nSPS) is 10.4. The number of aryl methyl sites for hydroxylation is 1. The van der Waals surface area contributed by atoms with Gasteiger partial charge < -0.3 is 14.9 Å². The molecule has 0 saturated carbocycles. The van der Waals surface area contributed by atoms with E-state index in [1.165, 1.54) is 7.11 Å². The van der Waals surface area contributed by atoms with E-state index < -0.39 is 5.97 Å². The number of rotatable bonds is 4. The van der Waals surface area contributed by atoms with Crippen LogP contribution in [0.25, 0.3) is 0 Å². The third-order valence-corrected chi connectivity index (χ3v) is 3.80. The molecule has 2 aromatic rings. The van der Waals surface area contributed by atoms with Crippen molar-refractivity contribution in [1.82, 2.24) is 0 Å². The zero-order valence-corrected chi connectivity index (χ0v) is 11.6. The molecule has 0 saturated heterocycles. The zero-order chi connectivity index (χ0) is 13.8. The second kappa shape index (κ2) is 5.84. The molecular weight excluding hydrogens is 262 g/mol. The molecule has 0 spiro atoms. The summed E-state index contributed by atoms with van der Waals surface area (Å²) < 4.78 is 9.98. The van der Waals surface area contributed by atoms with Crippen molar-refractivity contribution in [2.45, 2.75) is 17.6 Å². The number of para-hydroxylation sites is 1. The summed E-state index contributed by atoms with van der Waals surface area (Å²) in [5.74, 6) is 1.08. The molecule has 0 radical (unpaired) electrons. The highest BCUT2D eigenvalue weighted by atomic mass is 32.2. The van der Waals surface area contributed by atoms with Crippen LogP contribution in [-0.4, -0.2) is 13.1 Å². The molecule has 0 bridgehead atoms. The van der Waals surface area contributed by atoms with Gasteiger partial charge in [-0.1, -0.05) is 12.1 Å². The van der Waals surface area contributed by atoms with Gasteiger partial charge in [0.2, 0.25) is 5.76 Å². The quantitative estimate of drug-likeness (QED) is 0.528. The molecule has 0 amide bonds. The van der Waals surface area contributed by atoms with Crippen LogP contribution in [0.1, 0.15) is 21.9 Å². The third kappa shape index (κ3) is 3.12. The average Bonchev–Trinajstić information content (AvgIpc) is 2.88. The van der Waals surface area contributed by atoms with Gasteiger partial charge in [0.05, 0.1) is 12.9 Å². The van der Waals surface area contributed by atoms with Gasteiger partial charge in [0.1, 0.15) is 5.76 Å². The molecule has 2 rings (SSSR count). The van der Waals surface area contributed by atoms with Gasteiger partial charge in [-0.3, -0.25) is 0 Å². The molecule has 5 heteroatoms. The Morgan fingerprint density at radius 1 is 1.37 bits per heavy atom. The lowest BCUT2D eigenvalue weighted by atomic mass is 10.2. The van der Waals surface area contributed by atoms with Gasteiger partial charge in [-0.15, -0.1) is 11.8 Å². The van der Waals surface area contributed by atoms with Gasteiger partial charge in [-0.05, 0) is 30.7 Å². The van der Waals surface area contributed by atoms with Crippen molar-refractivity contribution in [3.63, 3.8) is 0 Å². The maximum atomic E-state index is 11.3. The first-order valence-corrected chi connectivity index (χ1v) is 6.75. The molecule has 0 unspecified atom stereocenters. The Hall–Kier alpha value is -1.88. The predicted molar refractivity (Wildman–Crippen MR) is 75.2 cm³/mol. The zero-order valence-electron chi connectivity index (χ0n) is 10.8. The Kier molecular flexibility index (Phi) is 4.16. The standard InChI is InChI=1S/C14H15NO3S/c1-9-4-3-5-12(13(9)15)19-8-10-6-7-11(18-10)14(16)17-2/h3-7H,8,15H2,1-2H3. The lowest BCUT2D eigenvalue weighted by molar-refractivity contribution is 0.0563. The van der Waals surface area contributed by atoms with Crippen LogP contribution in [-0.2, 0) is 10.5 Å². The second-order valence-corrected chi connectivity index (χ2v) is 5.05. The van der Waals surface area contributed by atoms with Crippen LogP contribution in [0.2, 0.25) is 0 Å². The minimum absolute atomic E-state index is 0.218. The van der Waals surface area contributed by atoms with E-state index >= 15 is 0 Å². The van der Waals surface area contributed by atoms with E-state index in [-0.39, 0.29) is 5.76 Å². The topological polar surface area (TPSA) is 65.5 Å². The van der Waals surface area contributed by atoms with Crippen molar-refractivity contribution < 1.29 is 13.9 Å². The maximum Gasteiger partial charge on any atom is 0.373 e. The Morgan fingerprint density at radius 3 is 2.89 bits per heavy atom. The van der Waals surface area contributed by atoms with Crippen molar-refractivity contribution in [1.29, 1.82) is 0 Å². The van der Waals surface area contributed by atoms with Crippen molar-refractivity contribution >= 4 is 23.4 Å². The second-order valence-electron chi connectivity index (χ2n) is 4.03. The summed E-state index contributed by atoms with van der Waals surface area (Å²) in [5.41, 5.74) is 7.84. The van der Waals surface area contributed by atoms with Gasteiger partial charge in [-0.25, -0.2) is 4.79 Å². The largest absolute Gasteiger partial charge is 0.463 e. The van der Waals surface area contributed by atoms with Crippen LogP contribution >= 0.6 is 11.8 Å². The molecule has 0 fully saturated rings. The summed E-state index contributed by atoms with van der Waals surface area (Å²) in [6.07, 6.45) is 0.